The fraction of sp³-hybridized carbons (Fsp3) is 0.250. The van der Waals surface area contributed by atoms with Gasteiger partial charge in [-0.15, -0.1) is 0 Å². The van der Waals surface area contributed by atoms with Crippen molar-refractivity contribution in [3.8, 4) is 11.8 Å². The summed E-state index contributed by atoms with van der Waals surface area (Å²) in [5.74, 6) is 0.830. The predicted molar refractivity (Wildman–Crippen MR) is 59.2 cm³/mol. The van der Waals surface area contributed by atoms with Crippen molar-refractivity contribution in [3.05, 3.63) is 42.2 Å². The van der Waals surface area contributed by atoms with Crippen molar-refractivity contribution in [3.63, 3.8) is 0 Å². The van der Waals surface area contributed by atoms with E-state index in [1.54, 1.807) is 6.20 Å². The lowest BCUT2D eigenvalue weighted by Crippen LogP contribution is -1.97. The van der Waals surface area contributed by atoms with E-state index in [0.29, 0.717) is 6.01 Å². The number of benzene rings is 1. The first-order valence-electron chi connectivity index (χ1n) is 5.05. The zero-order valence-electron chi connectivity index (χ0n) is 8.97. The first-order valence-corrected chi connectivity index (χ1v) is 5.05. The van der Waals surface area contributed by atoms with E-state index in [-0.39, 0.29) is 0 Å². The molecule has 0 saturated carbocycles. The molecule has 0 spiro atoms. The van der Waals surface area contributed by atoms with Crippen LogP contribution in [0.2, 0.25) is 0 Å². The van der Waals surface area contributed by atoms with Gasteiger partial charge in [0.15, 0.2) is 0 Å². The highest BCUT2D eigenvalue weighted by Crippen LogP contribution is 2.20. The van der Waals surface area contributed by atoms with Crippen LogP contribution in [-0.4, -0.2) is 9.55 Å². The number of nitrogens with zero attached hydrogens (tertiary/aromatic N) is 2. The van der Waals surface area contributed by atoms with Crippen molar-refractivity contribution in [1.82, 2.24) is 9.55 Å². The Morgan fingerprint density at radius 1 is 1.40 bits per heavy atom. The zero-order chi connectivity index (χ0) is 10.7. The van der Waals surface area contributed by atoms with Crippen LogP contribution in [-0.2, 0) is 6.54 Å². The number of aromatic nitrogens is 2. The minimum Gasteiger partial charge on any atom is -0.426 e. The fourth-order valence-electron chi connectivity index (χ4n) is 1.43. The third kappa shape index (κ3) is 2.18. The molecule has 3 heteroatoms. The molecule has 0 saturated heterocycles. The fourth-order valence-corrected chi connectivity index (χ4v) is 1.43. The number of hydrogen-bond acceptors (Lipinski definition) is 2. The molecule has 0 aliphatic heterocycles. The van der Waals surface area contributed by atoms with Crippen LogP contribution < -0.4 is 4.74 Å². The maximum absolute atomic E-state index is 5.67. The summed E-state index contributed by atoms with van der Waals surface area (Å²) in [5, 5.41) is 0. The van der Waals surface area contributed by atoms with Gasteiger partial charge < -0.3 is 9.30 Å². The standard InChI is InChI=1S/C12H14N2O/c1-3-14-8-7-13-12(14)15-11-6-4-5-10(2)9-11/h4-9H,3H2,1-2H3. The van der Waals surface area contributed by atoms with Crippen molar-refractivity contribution < 1.29 is 4.74 Å². The Morgan fingerprint density at radius 2 is 2.27 bits per heavy atom. The summed E-state index contributed by atoms with van der Waals surface area (Å²) >= 11 is 0. The molecule has 2 aromatic rings. The van der Waals surface area contributed by atoms with Gasteiger partial charge in [-0.3, -0.25) is 0 Å². The summed E-state index contributed by atoms with van der Waals surface area (Å²) in [6, 6.07) is 8.59. The van der Waals surface area contributed by atoms with Crippen LogP contribution in [0.1, 0.15) is 12.5 Å². The lowest BCUT2D eigenvalue weighted by Gasteiger charge is -2.06. The number of imidazole rings is 1. The summed E-state index contributed by atoms with van der Waals surface area (Å²) in [7, 11) is 0. The largest absolute Gasteiger partial charge is 0.426 e. The number of ether oxygens (including phenoxy) is 1. The molecular formula is C12H14N2O. The van der Waals surface area contributed by atoms with Gasteiger partial charge in [-0.2, -0.15) is 0 Å². The van der Waals surface area contributed by atoms with Crippen LogP contribution in [0.4, 0.5) is 0 Å². The van der Waals surface area contributed by atoms with E-state index in [9.17, 15) is 0 Å². The van der Waals surface area contributed by atoms with Crippen molar-refractivity contribution in [2.75, 3.05) is 0 Å². The van der Waals surface area contributed by atoms with Gasteiger partial charge in [0.2, 0.25) is 0 Å². The summed E-state index contributed by atoms with van der Waals surface area (Å²) in [5.41, 5.74) is 1.18. The summed E-state index contributed by atoms with van der Waals surface area (Å²) in [4.78, 5) is 4.15. The van der Waals surface area contributed by atoms with Crippen molar-refractivity contribution in [1.29, 1.82) is 0 Å². The minimum atomic E-state index is 0.642. The van der Waals surface area contributed by atoms with Gasteiger partial charge in [0.05, 0.1) is 0 Å². The van der Waals surface area contributed by atoms with Crippen molar-refractivity contribution in [2.24, 2.45) is 0 Å². The lowest BCUT2D eigenvalue weighted by molar-refractivity contribution is 0.415. The summed E-state index contributed by atoms with van der Waals surface area (Å²) in [6.45, 7) is 4.96. The Bertz CT molecular complexity index is 448. The Hall–Kier alpha value is -1.77. The van der Waals surface area contributed by atoms with Crippen LogP contribution in [0.3, 0.4) is 0 Å². The number of hydrogen-bond donors (Lipinski definition) is 0. The molecule has 0 bridgehead atoms. The van der Waals surface area contributed by atoms with E-state index < -0.39 is 0 Å². The normalized spacial score (nSPS) is 10.3. The van der Waals surface area contributed by atoms with E-state index in [0.717, 1.165) is 12.3 Å². The van der Waals surface area contributed by atoms with Crippen molar-refractivity contribution in [2.45, 2.75) is 20.4 Å². The molecule has 0 unspecified atom stereocenters. The molecule has 0 atom stereocenters. The van der Waals surface area contributed by atoms with Crippen molar-refractivity contribution >= 4 is 0 Å². The highest BCUT2D eigenvalue weighted by Gasteiger charge is 2.03. The second-order valence-corrected chi connectivity index (χ2v) is 3.41. The molecule has 78 valence electrons. The van der Waals surface area contributed by atoms with Gasteiger partial charge >= 0.3 is 6.01 Å². The van der Waals surface area contributed by atoms with Crippen LogP contribution >= 0.6 is 0 Å². The predicted octanol–water partition coefficient (Wildman–Crippen LogP) is 3.00. The summed E-state index contributed by atoms with van der Waals surface area (Å²) < 4.78 is 7.63. The molecule has 0 aliphatic rings. The second kappa shape index (κ2) is 4.17. The maximum atomic E-state index is 5.67. The minimum absolute atomic E-state index is 0.642. The van der Waals surface area contributed by atoms with Gasteiger partial charge in [0, 0.05) is 18.9 Å². The maximum Gasteiger partial charge on any atom is 0.301 e. The van der Waals surface area contributed by atoms with E-state index in [1.165, 1.54) is 5.56 Å². The average Bonchev–Trinajstić information content (AvgIpc) is 2.65. The highest BCUT2D eigenvalue weighted by atomic mass is 16.5. The topological polar surface area (TPSA) is 27.1 Å². The Morgan fingerprint density at radius 3 is 3.00 bits per heavy atom. The van der Waals surface area contributed by atoms with E-state index in [4.69, 9.17) is 4.74 Å². The average molecular weight is 202 g/mol. The van der Waals surface area contributed by atoms with E-state index in [2.05, 4.69) is 11.9 Å². The first kappa shape index (κ1) is 9.77. The quantitative estimate of drug-likeness (QED) is 0.765. The van der Waals surface area contributed by atoms with Gasteiger partial charge in [-0.05, 0) is 31.5 Å². The molecular weight excluding hydrogens is 188 g/mol. The molecule has 15 heavy (non-hydrogen) atoms. The van der Waals surface area contributed by atoms with E-state index in [1.807, 2.05) is 42.0 Å². The number of rotatable bonds is 3. The summed E-state index contributed by atoms with van der Waals surface area (Å²) in [6.07, 6.45) is 3.65. The third-order valence-corrected chi connectivity index (χ3v) is 2.22. The van der Waals surface area contributed by atoms with Crippen LogP contribution in [0.5, 0.6) is 11.8 Å². The second-order valence-electron chi connectivity index (χ2n) is 3.41. The highest BCUT2D eigenvalue weighted by molar-refractivity contribution is 5.29. The van der Waals surface area contributed by atoms with Gasteiger partial charge in [-0.25, -0.2) is 4.98 Å². The molecule has 0 aliphatic carbocycles. The van der Waals surface area contributed by atoms with Crippen LogP contribution in [0.15, 0.2) is 36.7 Å². The van der Waals surface area contributed by atoms with Crippen LogP contribution in [0.25, 0.3) is 0 Å². The molecule has 1 aromatic heterocycles. The zero-order valence-corrected chi connectivity index (χ0v) is 8.97. The van der Waals surface area contributed by atoms with Gasteiger partial charge in [0.25, 0.3) is 0 Å². The van der Waals surface area contributed by atoms with Gasteiger partial charge in [0.1, 0.15) is 5.75 Å². The molecule has 0 fully saturated rings. The van der Waals surface area contributed by atoms with Crippen LogP contribution in [0, 0.1) is 6.92 Å². The molecule has 2 rings (SSSR count). The molecule has 0 N–H and O–H groups in total. The molecule has 1 aromatic carbocycles. The Balaban J connectivity index is 2.22. The monoisotopic (exact) mass is 202 g/mol. The first-order chi connectivity index (χ1) is 7.29. The molecule has 0 amide bonds. The lowest BCUT2D eigenvalue weighted by atomic mass is 10.2. The third-order valence-electron chi connectivity index (χ3n) is 2.22. The molecule has 0 radical (unpaired) electrons. The molecule has 3 nitrogen and oxygen atoms in total. The van der Waals surface area contributed by atoms with E-state index >= 15 is 0 Å². The Labute approximate surface area is 89.3 Å². The Kier molecular flexibility index (Phi) is 2.72. The number of aryl methyl sites for hydroxylation is 2. The smallest absolute Gasteiger partial charge is 0.301 e. The van der Waals surface area contributed by atoms with Gasteiger partial charge in [-0.1, -0.05) is 12.1 Å². The SMILES string of the molecule is CCn1ccnc1Oc1cccc(C)c1. The molecule has 1 heterocycles.